The Kier molecular flexibility index (Phi) is 4.21. The molecule has 1 aliphatic carbocycles. The molecule has 1 aromatic carbocycles. The lowest BCUT2D eigenvalue weighted by molar-refractivity contribution is 0.395. The van der Waals surface area contributed by atoms with Crippen molar-refractivity contribution in [2.24, 2.45) is 5.92 Å². The highest BCUT2D eigenvalue weighted by Crippen LogP contribution is 2.44. The number of hydrogen-bond acceptors (Lipinski definition) is 2. The number of rotatable bonds is 5. The van der Waals surface area contributed by atoms with E-state index in [9.17, 15) is 0 Å². The van der Waals surface area contributed by atoms with E-state index >= 15 is 0 Å². The molecule has 0 heterocycles. The maximum atomic E-state index is 6.46. The Balaban J connectivity index is 2.28. The van der Waals surface area contributed by atoms with Gasteiger partial charge in [-0.25, -0.2) is 0 Å². The maximum Gasteiger partial charge on any atom is 0.133 e. The molecule has 2 nitrogen and oxygen atoms in total. The molecule has 0 aromatic heterocycles. The molecule has 0 bridgehead atoms. The van der Waals surface area contributed by atoms with Gasteiger partial charge in [0.15, 0.2) is 0 Å². The second-order valence-electron chi connectivity index (χ2n) is 4.38. The standard InChI is InChI=1S/C13H16BrClO2/c1-16-12-7-10(14)13(17-2)6-9(12)11(15)5-8-3-4-8/h6-8,11H,3-5H2,1-2H3. The normalized spacial score (nSPS) is 16.7. The summed E-state index contributed by atoms with van der Waals surface area (Å²) in [6.45, 7) is 0. The van der Waals surface area contributed by atoms with Crippen molar-refractivity contribution >= 4 is 27.5 Å². The van der Waals surface area contributed by atoms with E-state index in [4.69, 9.17) is 21.1 Å². The van der Waals surface area contributed by atoms with E-state index in [1.807, 2.05) is 12.1 Å². The predicted molar refractivity (Wildman–Crippen MR) is 73.2 cm³/mol. The second kappa shape index (κ2) is 5.49. The topological polar surface area (TPSA) is 18.5 Å². The first-order valence-electron chi connectivity index (χ1n) is 5.71. The summed E-state index contributed by atoms with van der Waals surface area (Å²) in [5.41, 5.74) is 1.01. The minimum Gasteiger partial charge on any atom is -0.496 e. The maximum absolute atomic E-state index is 6.46. The van der Waals surface area contributed by atoms with Gasteiger partial charge in [0.05, 0.1) is 24.1 Å². The van der Waals surface area contributed by atoms with E-state index < -0.39 is 0 Å². The molecule has 1 aliphatic rings. The van der Waals surface area contributed by atoms with Crippen LogP contribution in [0.3, 0.4) is 0 Å². The lowest BCUT2D eigenvalue weighted by Crippen LogP contribution is -1.98. The van der Waals surface area contributed by atoms with E-state index in [0.29, 0.717) is 0 Å². The van der Waals surface area contributed by atoms with Crippen molar-refractivity contribution < 1.29 is 9.47 Å². The molecule has 94 valence electrons. The van der Waals surface area contributed by atoms with Crippen LogP contribution in [0.1, 0.15) is 30.2 Å². The van der Waals surface area contributed by atoms with Gasteiger partial charge in [0.1, 0.15) is 11.5 Å². The number of hydrogen-bond donors (Lipinski definition) is 0. The molecule has 1 aromatic rings. The number of alkyl halides is 1. The van der Waals surface area contributed by atoms with Crippen molar-refractivity contribution in [3.8, 4) is 11.5 Å². The molecule has 17 heavy (non-hydrogen) atoms. The highest BCUT2D eigenvalue weighted by Gasteiger charge is 2.27. The molecule has 0 spiro atoms. The average molecular weight is 320 g/mol. The van der Waals surface area contributed by atoms with Gasteiger partial charge in [0.25, 0.3) is 0 Å². The van der Waals surface area contributed by atoms with Gasteiger partial charge in [0.2, 0.25) is 0 Å². The predicted octanol–water partition coefficient (Wildman–Crippen LogP) is 4.55. The number of benzene rings is 1. The van der Waals surface area contributed by atoms with Crippen molar-refractivity contribution in [1.29, 1.82) is 0 Å². The van der Waals surface area contributed by atoms with E-state index in [-0.39, 0.29) is 5.38 Å². The average Bonchev–Trinajstić information content (AvgIpc) is 3.12. The molecule has 0 saturated heterocycles. The third-order valence-corrected chi connectivity index (χ3v) is 4.11. The third kappa shape index (κ3) is 3.08. The van der Waals surface area contributed by atoms with Crippen molar-refractivity contribution in [2.45, 2.75) is 24.6 Å². The quantitative estimate of drug-likeness (QED) is 0.741. The molecular weight excluding hydrogens is 303 g/mol. The van der Waals surface area contributed by atoms with Crippen molar-refractivity contribution in [2.75, 3.05) is 14.2 Å². The Morgan fingerprint density at radius 3 is 2.47 bits per heavy atom. The van der Waals surface area contributed by atoms with Crippen LogP contribution in [0.4, 0.5) is 0 Å². The first-order valence-corrected chi connectivity index (χ1v) is 6.94. The molecule has 0 amide bonds. The van der Waals surface area contributed by atoms with Crippen LogP contribution in [-0.4, -0.2) is 14.2 Å². The van der Waals surface area contributed by atoms with Crippen molar-refractivity contribution in [3.63, 3.8) is 0 Å². The number of ether oxygens (including phenoxy) is 2. The Bertz CT molecular complexity index is 405. The lowest BCUT2D eigenvalue weighted by atomic mass is 10.1. The summed E-state index contributed by atoms with van der Waals surface area (Å²) in [4.78, 5) is 0. The van der Waals surface area contributed by atoms with Gasteiger partial charge in [-0.1, -0.05) is 12.8 Å². The first-order chi connectivity index (χ1) is 8.15. The zero-order valence-corrected chi connectivity index (χ0v) is 12.3. The van der Waals surface area contributed by atoms with Gasteiger partial charge in [-0.2, -0.15) is 0 Å². The summed E-state index contributed by atoms with van der Waals surface area (Å²) in [5, 5.41) is -0.000509. The van der Waals surface area contributed by atoms with Gasteiger partial charge >= 0.3 is 0 Å². The van der Waals surface area contributed by atoms with Gasteiger partial charge in [-0.3, -0.25) is 0 Å². The van der Waals surface area contributed by atoms with Gasteiger partial charge in [0, 0.05) is 5.56 Å². The summed E-state index contributed by atoms with van der Waals surface area (Å²) >= 11 is 9.90. The van der Waals surface area contributed by atoms with E-state index in [0.717, 1.165) is 33.9 Å². The van der Waals surface area contributed by atoms with Gasteiger partial charge in [-0.05, 0) is 40.4 Å². The summed E-state index contributed by atoms with van der Waals surface area (Å²) < 4.78 is 11.6. The molecule has 0 aliphatic heterocycles. The summed E-state index contributed by atoms with van der Waals surface area (Å²) in [6.07, 6.45) is 3.63. The van der Waals surface area contributed by atoms with Crippen molar-refractivity contribution in [1.82, 2.24) is 0 Å². The molecule has 1 fully saturated rings. The SMILES string of the molecule is COc1cc(C(Cl)CC2CC2)c(OC)cc1Br. The fourth-order valence-corrected chi connectivity index (χ4v) is 2.81. The van der Waals surface area contributed by atoms with E-state index in [2.05, 4.69) is 15.9 Å². The molecule has 1 saturated carbocycles. The zero-order valence-electron chi connectivity index (χ0n) is 10.0. The highest BCUT2D eigenvalue weighted by atomic mass is 79.9. The molecule has 1 unspecified atom stereocenters. The number of halogens is 2. The van der Waals surface area contributed by atoms with E-state index in [1.165, 1.54) is 12.8 Å². The van der Waals surface area contributed by atoms with Crippen LogP contribution in [-0.2, 0) is 0 Å². The van der Waals surface area contributed by atoms with Crippen LogP contribution in [0.25, 0.3) is 0 Å². The molecule has 1 atom stereocenters. The molecule has 2 rings (SSSR count). The second-order valence-corrected chi connectivity index (χ2v) is 5.76. The molecule has 4 heteroatoms. The smallest absolute Gasteiger partial charge is 0.133 e. The van der Waals surface area contributed by atoms with Crippen LogP contribution in [0.5, 0.6) is 11.5 Å². The molecule has 0 radical (unpaired) electrons. The van der Waals surface area contributed by atoms with Crippen LogP contribution >= 0.6 is 27.5 Å². The van der Waals surface area contributed by atoms with Crippen LogP contribution in [0.15, 0.2) is 16.6 Å². The largest absolute Gasteiger partial charge is 0.496 e. The summed E-state index contributed by atoms with van der Waals surface area (Å²) in [7, 11) is 3.32. The lowest BCUT2D eigenvalue weighted by Gasteiger charge is -2.16. The minimum absolute atomic E-state index is 0.000509. The Morgan fingerprint density at radius 2 is 1.94 bits per heavy atom. The Hall–Kier alpha value is -0.410. The molecule has 0 N–H and O–H groups in total. The summed E-state index contributed by atoms with van der Waals surface area (Å²) in [5.74, 6) is 2.40. The monoisotopic (exact) mass is 318 g/mol. The Labute approximate surface area is 115 Å². The number of methoxy groups -OCH3 is 2. The van der Waals surface area contributed by atoms with Crippen LogP contribution in [0.2, 0.25) is 0 Å². The Morgan fingerprint density at radius 1 is 1.29 bits per heavy atom. The van der Waals surface area contributed by atoms with Gasteiger partial charge < -0.3 is 9.47 Å². The molecular formula is C13H16BrClO2. The minimum atomic E-state index is -0.000509. The third-order valence-electron chi connectivity index (χ3n) is 3.08. The van der Waals surface area contributed by atoms with E-state index in [1.54, 1.807) is 14.2 Å². The van der Waals surface area contributed by atoms with Crippen molar-refractivity contribution in [3.05, 3.63) is 22.2 Å². The van der Waals surface area contributed by atoms with Crippen LogP contribution in [0, 0.1) is 5.92 Å². The van der Waals surface area contributed by atoms with Crippen LogP contribution < -0.4 is 9.47 Å². The fourth-order valence-electron chi connectivity index (χ4n) is 1.90. The van der Waals surface area contributed by atoms with Gasteiger partial charge in [-0.15, -0.1) is 11.6 Å². The summed E-state index contributed by atoms with van der Waals surface area (Å²) in [6, 6.07) is 3.87. The fraction of sp³-hybridized carbons (Fsp3) is 0.538. The first kappa shape index (κ1) is 13.0. The zero-order chi connectivity index (χ0) is 12.4. The highest BCUT2D eigenvalue weighted by molar-refractivity contribution is 9.10.